The van der Waals surface area contributed by atoms with Crippen LogP contribution >= 0.6 is 0 Å². The van der Waals surface area contributed by atoms with Gasteiger partial charge in [-0.1, -0.05) is 20.8 Å². The number of ketones is 1. The minimum absolute atomic E-state index is 0.0905. The number of Topliss-reactive ketones (excluding diaryl/α,β-unsaturated/α-hetero) is 1. The standard InChI is InChI=1S/C11H9F2NO.C2H6/c1-2-11(15)7-5-14-10-4-9(13)8(12)3-6(7)10;1-2/h3-5,14H,2H2,1H3;1-2H3. The summed E-state index contributed by atoms with van der Waals surface area (Å²) in [5, 5.41) is 0.431. The van der Waals surface area contributed by atoms with Crippen LogP contribution in [0.5, 0.6) is 0 Å². The topological polar surface area (TPSA) is 32.9 Å². The van der Waals surface area contributed by atoms with Crippen molar-refractivity contribution >= 4 is 16.7 Å². The molecular weight excluding hydrogens is 224 g/mol. The van der Waals surface area contributed by atoms with Gasteiger partial charge in [-0.2, -0.15) is 0 Å². The lowest BCUT2D eigenvalue weighted by Gasteiger charge is -1.96. The molecule has 92 valence electrons. The first kappa shape index (κ1) is 13.4. The van der Waals surface area contributed by atoms with Crippen LogP contribution in [0.4, 0.5) is 8.78 Å². The molecule has 0 amide bonds. The van der Waals surface area contributed by atoms with E-state index < -0.39 is 11.6 Å². The summed E-state index contributed by atoms with van der Waals surface area (Å²) in [6.07, 6.45) is 1.82. The Bertz CT molecular complexity index is 531. The van der Waals surface area contributed by atoms with Crippen molar-refractivity contribution < 1.29 is 13.6 Å². The zero-order valence-electron chi connectivity index (χ0n) is 10.1. The predicted molar refractivity (Wildman–Crippen MR) is 64.2 cm³/mol. The Morgan fingerprint density at radius 2 is 1.82 bits per heavy atom. The van der Waals surface area contributed by atoms with Gasteiger partial charge in [-0.05, 0) is 6.07 Å². The van der Waals surface area contributed by atoms with E-state index in [1.165, 1.54) is 6.20 Å². The highest BCUT2D eigenvalue weighted by Crippen LogP contribution is 2.22. The molecule has 0 aliphatic rings. The molecule has 0 aliphatic heterocycles. The quantitative estimate of drug-likeness (QED) is 0.787. The van der Waals surface area contributed by atoms with Crippen molar-refractivity contribution in [2.24, 2.45) is 0 Å². The number of carbonyl (C=O) groups excluding carboxylic acids is 1. The largest absolute Gasteiger partial charge is 0.360 e. The number of carbonyl (C=O) groups is 1. The molecule has 0 atom stereocenters. The summed E-state index contributed by atoms with van der Waals surface area (Å²) in [4.78, 5) is 14.2. The second-order valence-electron chi connectivity index (χ2n) is 3.29. The molecular formula is C13H15F2NO. The summed E-state index contributed by atoms with van der Waals surface area (Å²) in [5.41, 5.74) is 0.845. The summed E-state index contributed by atoms with van der Waals surface area (Å²) < 4.78 is 25.8. The molecule has 1 aromatic heterocycles. The third-order valence-corrected chi connectivity index (χ3v) is 2.34. The molecule has 0 unspecified atom stereocenters. The highest BCUT2D eigenvalue weighted by atomic mass is 19.2. The lowest BCUT2D eigenvalue weighted by molar-refractivity contribution is 0.0990. The molecule has 0 saturated carbocycles. The molecule has 2 aromatic rings. The van der Waals surface area contributed by atoms with Crippen molar-refractivity contribution in [2.45, 2.75) is 27.2 Å². The van der Waals surface area contributed by atoms with E-state index in [9.17, 15) is 13.6 Å². The third-order valence-electron chi connectivity index (χ3n) is 2.34. The van der Waals surface area contributed by atoms with Crippen molar-refractivity contribution in [3.05, 3.63) is 35.5 Å². The van der Waals surface area contributed by atoms with Crippen molar-refractivity contribution in [1.82, 2.24) is 4.98 Å². The van der Waals surface area contributed by atoms with Crippen LogP contribution < -0.4 is 0 Å². The highest BCUT2D eigenvalue weighted by Gasteiger charge is 2.13. The number of nitrogens with one attached hydrogen (secondary N) is 1. The van der Waals surface area contributed by atoms with Crippen LogP contribution in [0.2, 0.25) is 0 Å². The maximum absolute atomic E-state index is 13.0. The number of fused-ring (bicyclic) bond motifs is 1. The first-order valence-corrected chi connectivity index (χ1v) is 5.62. The van der Waals surface area contributed by atoms with Gasteiger partial charge < -0.3 is 4.98 Å². The number of rotatable bonds is 2. The van der Waals surface area contributed by atoms with Crippen LogP contribution in [0.1, 0.15) is 37.6 Å². The van der Waals surface area contributed by atoms with Gasteiger partial charge in [-0.3, -0.25) is 4.79 Å². The van der Waals surface area contributed by atoms with E-state index in [2.05, 4.69) is 4.98 Å². The number of benzene rings is 1. The van der Waals surface area contributed by atoms with E-state index in [0.717, 1.165) is 12.1 Å². The summed E-state index contributed by atoms with van der Waals surface area (Å²) in [5.74, 6) is -1.95. The number of hydrogen-bond acceptors (Lipinski definition) is 1. The van der Waals surface area contributed by atoms with Gasteiger partial charge in [-0.15, -0.1) is 0 Å². The van der Waals surface area contributed by atoms with E-state index in [-0.39, 0.29) is 5.78 Å². The predicted octanol–water partition coefficient (Wildman–Crippen LogP) is 4.07. The van der Waals surface area contributed by atoms with Crippen LogP contribution in [-0.2, 0) is 0 Å². The minimum Gasteiger partial charge on any atom is -0.360 e. The average molecular weight is 239 g/mol. The van der Waals surface area contributed by atoms with E-state index in [0.29, 0.717) is 22.9 Å². The molecule has 2 nitrogen and oxygen atoms in total. The number of hydrogen-bond donors (Lipinski definition) is 1. The Morgan fingerprint density at radius 1 is 1.24 bits per heavy atom. The summed E-state index contributed by atoms with van der Waals surface area (Å²) in [7, 11) is 0. The van der Waals surface area contributed by atoms with Crippen molar-refractivity contribution in [1.29, 1.82) is 0 Å². The lowest BCUT2D eigenvalue weighted by atomic mass is 10.1. The zero-order chi connectivity index (χ0) is 13.0. The Hall–Kier alpha value is -1.71. The maximum Gasteiger partial charge on any atom is 0.164 e. The molecule has 0 radical (unpaired) electrons. The zero-order valence-corrected chi connectivity index (χ0v) is 10.1. The molecule has 0 bridgehead atoms. The van der Waals surface area contributed by atoms with Crippen LogP contribution in [0.25, 0.3) is 10.9 Å². The number of aromatic amines is 1. The van der Waals surface area contributed by atoms with Gasteiger partial charge in [-0.25, -0.2) is 8.78 Å². The molecule has 17 heavy (non-hydrogen) atoms. The van der Waals surface area contributed by atoms with Crippen molar-refractivity contribution in [3.63, 3.8) is 0 Å². The molecule has 0 aliphatic carbocycles. The van der Waals surface area contributed by atoms with Gasteiger partial charge in [0.25, 0.3) is 0 Å². The third kappa shape index (κ3) is 2.52. The van der Waals surface area contributed by atoms with E-state index >= 15 is 0 Å². The maximum atomic E-state index is 13.0. The summed E-state index contributed by atoms with van der Waals surface area (Å²) >= 11 is 0. The van der Waals surface area contributed by atoms with Crippen molar-refractivity contribution in [3.8, 4) is 0 Å². The Kier molecular flexibility index (Phi) is 4.37. The Labute approximate surface area is 98.6 Å². The fourth-order valence-corrected chi connectivity index (χ4v) is 1.54. The second kappa shape index (κ2) is 5.57. The molecule has 1 aromatic carbocycles. The fourth-order valence-electron chi connectivity index (χ4n) is 1.54. The van der Waals surface area contributed by atoms with Gasteiger partial charge in [0, 0.05) is 35.2 Å². The minimum atomic E-state index is -0.938. The van der Waals surface area contributed by atoms with Gasteiger partial charge in [0.05, 0.1) is 0 Å². The Balaban J connectivity index is 0.000000686. The fraction of sp³-hybridized carbons (Fsp3) is 0.308. The molecule has 2 rings (SSSR count). The smallest absolute Gasteiger partial charge is 0.164 e. The lowest BCUT2D eigenvalue weighted by Crippen LogP contribution is -1.94. The van der Waals surface area contributed by atoms with E-state index in [4.69, 9.17) is 0 Å². The summed E-state index contributed by atoms with van der Waals surface area (Å²) in [6, 6.07) is 2.10. The first-order chi connectivity index (χ1) is 8.13. The van der Waals surface area contributed by atoms with Gasteiger partial charge in [0.15, 0.2) is 17.4 Å². The average Bonchev–Trinajstić information content (AvgIpc) is 2.74. The van der Waals surface area contributed by atoms with Crippen molar-refractivity contribution in [2.75, 3.05) is 0 Å². The molecule has 0 saturated heterocycles. The van der Waals surface area contributed by atoms with Crippen LogP contribution in [-0.4, -0.2) is 10.8 Å². The molecule has 4 heteroatoms. The van der Waals surface area contributed by atoms with Gasteiger partial charge in [0.1, 0.15) is 0 Å². The molecule has 0 fully saturated rings. The van der Waals surface area contributed by atoms with E-state index in [1.807, 2.05) is 13.8 Å². The van der Waals surface area contributed by atoms with Gasteiger partial charge >= 0.3 is 0 Å². The number of halogens is 2. The Morgan fingerprint density at radius 3 is 2.41 bits per heavy atom. The monoisotopic (exact) mass is 239 g/mol. The first-order valence-electron chi connectivity index (χ1n) is 5.62. The molecule has 1 heterocycles. The normalized spacial score (nSPS) is 9.94. The van der Waals surface area contributed by atoms with Gasteiger partial charge in [0.2, 0.25) is 0 Å². The second-order valence-corrected chi connectivity index (χ2v) is 3.29. The summed E-state index contributed by atoms with van der Waals surface area (Å²) in [6.45, 7) is 5.72. The molecule has 0 spiro atoms. The highest BCUT2D eigenvalue weighted by molar-refractivity contribution is 6.07. The van der Waals surface area contributed by atoms with Crippen LogP contribution in [0.15, 0.2) is 18.3 Å². The number of H-pyrrole nitrogens is 1. The van der Waals surface area contributed by atoms with E-state index in [1.54, 1.807) is 6.92 Å². The SMILES string of the molecule is CC.CCC(=O)c1c[nH]c2cc(F)c(F)cc12. The molecule has 1 N–H and O–H groups in total. The van der Waals surface area contributed by atoms with Crippen LogP contribution in [0.3, 0.4) is 0 Å². The van der Waals surface area contributed by atoms with Crippen LogP contribution in [0, 0.1) is 11.6 Å². The number of aromatic nitrogens is 1.